The van der Waals surface area contributed by atoms with Gasteiger partial charge in [-0.15, -0.1) is 0 Å². The Morgan fingerprint density at radius 2 is 1.81 bits per heavy atom. The molecule has 1 fully saturated rings. The molecule has 0 saturated carbocycles. The average molecular weight is 350 g/mol. The standard InChI is InChI=1S/C20H18N2O4/c1-26-14-10-8-13(9-11-14)18(23)22-16-6-3-2-5-15(16)19(24)21-12-4-7-17(21)20(22)25/h2-3,5-6,8-11,17H,4,7,12H2,1H3. The average Bonchev–Trinajstić information content (AvgIpc) is 3.15. The maximum Gasteiger partial charge on any atom is 0.265 e. The van der Waals surface area contributed by atoms with Gasteiger partial charge in [0.05, 0.1) is 18.4 Å². The largest absolute Gasteiger partial charge is 0.497 e. The first-order valence-corrected chi connectivity index (χ1v) is 8.54. The van der Waals surface area contributed by atoms with Crippen LogP contribution in [-0.4, -0.2) is 42.3 Å². The molecular weight excluding hydrogens is 332 g/mol. The highest BCUT2D eigenvalue weighted by molar-refractivity contribution is 6.26. The van der Waals surface area contributed by atoms with Gasteiger partial charge in [0.1, 0.15) is 11.8 Å². The number of nitrogens with zero attached hydrogens (tertiary/aromatic N) is 2. The van der Waals surface area contributed by atoms with E-state index in [4.69, 9.17) is 4.74 Å². The molecule has 0 spiro atoms. The molecule has 1 saturated heterocycles. The summed E-state index contributed by atoms with van der Waals surface area (Å²) in [5, 5.41) is 0. The number of hydrogen-bond acceptors (Lipinski definition) is 4. The van der Waals surface area contributed by atoms with E-state index in [0.717, 1.165) is 11.3 Å². The van der Waals surface area contributed by atoms with Crippen molar-refractivity contribution >= 4 is 23.4 Å². The van der Waals surface area contributed by atoms with Crippen molar-refractivity contribution in [3.8, 4) is 5.75 Å². The Morgan fingerprint density at radius 3 is 2.54 bits per heavy atom. The second-order valence-corrected chi connectivity index (χ2v) is 6.38. The van der Waals surface area contributed by atoms with Crippen molar-refractivity contribution < 1.29 is 19.1 Å². The topological polar surface area (TPSA) is 66.9 Å². The molecule has 0 bridgehead atoms. The summed E-state index contributed by atoms with van der Waals surface area (Å²) in [7, 11) is 1.55. The SMILES string of the molecule is COc1ccc(C(=O)N2C(=O)C3CCCN3C(=O)c3ccccc32)cc1. The molecule has 0 aliphatic carbocycles. The van der Waals surface area contributed by atoms with Crippen LogP contribution in [0.25, 0.3) is 0 Å². The van der Waals surface area contributed by atoms with Gasteiger partial charge < -0.3 is 9.64 Å². The molecule has 0 N–H and O–H groups in total. The smallest absolute Gasteiger partial charge is 0.265 e. The third kappa shape index (κ3) is 2.45. The van der Waals surface area contributed by atoms with Gasteiger partial charge in [0.25, 0.3) is 17.7 Å². The van der Waals surface area contributed by atoms with Gasteiger partial charge in [-0.25, -0.2) is 4.90 Å². The first-order chi connectivity index (χ1) is 12.6. The molecule has 0 aromatic heterocycles. The predicted molar refractivity (Wildman–Crippen MR) is 95.3 cm³/mol. The van der Waals surface area contributed by atoms with Crippen LogP contribution in [0.15, 0.2) is 48.5 Å². The van der Waals surface area contributed by atoms with E-state index in [1.807, 2.05) is 0 Å². The highest BCUT2D eigenvalue weighted by atomic mass is 16.5. The molecule has 6 heteroatoms. The van der Waals surface area contributed by atoms with Crippen LogP contribution < -0.4 is 9.64 Å². The van der Waals surface area contributed by atoms with Gasteiger partial charge in [0, 0.05) is 12.1 Å². The quantitative estimate of drug-likeness (QED) is 0.781. The minimum atomic E-state index is -0.586. The van der Waals surface area contributed by atoms with Crippen LogP contribution in [0, 0.1) is 0 Å². The Balaban J connectivity index is 1.82. The number of benzene rings is 2. The molecule has 0 radical (unpaired) electrons. The highest BCUT2D eigenvalue weighted by Gasteiger charge is 2.44. The molecule has 2 aliphatic heterocycles. The maximum atomic E-state index is 13.2. The lowest BCUT2D eigenvalue weighted by molar-refractivity contribution is -0.121. The van der Waals surface area contributed by atoms with Crippen LogP contribution in [-0.2, 0) is 4.79 Å². The van der Waals surface area contributed by atoms with Crippen molar-refractivity contribution in [2.45, 2.75) is 18.9 Å². The van der Waals surface area contributed by atoms with Gasteiger partial charge in [0.15, 0.2) is 0 Å². The lowest BCUT2D eigenvalue weighted by Gasteiger charge is -2.24. The maximum absolute atomic E-state index is 13.2. The molecule has 4 rings (SSSR count). The van der Waals surface area contributed by atoms with Crippen LogP contribution in [0.5, 0.6) is 5.75 Å². The molecule has 3 amide bonds. The molecule has 26 heavy (non-hydrogen) atoms. The third-order valence-electron chi connectivity index (χ3n) is 4.93. The molecule has 6 nitrogen and oxygen atoms in total. The number of para-hydroxylation sites is 1. The summed E-state index contributed by atoms with van der Waals surface area (Å²) in [6.45, 7) is 0.536. The normalized spacial score (nSPS) is 19.0. The number of hydrogen-bond donors (Lipinski definition) is 0. The summed E-state index contributed by atoms with van der Waals surface area (Å²) in [5.41, 5.74) is 1.10. The zero-order valence-electron chi connectivity index (χ0n) is 14.3. The number of amides is 3. The Bertz CT molecular complexity index is 891. The van der Waals surface area contributed by atoms with Crippen molar-refractivity contribution in [3.63, 3.8) is 0 Å². The van der Waals surface area contributed by atoms with Gasteiger partial charge in [-0.05, 0) is 49.2 Å². The second kappa shape index (κ2) is 6.29. The van der Waals surface area contributed by atoms with Crippen molar-refractivity contribution in [2.75, 3.05) is 18.6 Å². The lowest BCUT2D eigenvalue weighted by atomic mass is 10.1. The predicted octanol–water partition coefficient (Wildman–Crippen LogP) is 2.49. The van der Waals surface area contributed by atoms with Crippen LogP contribution in [0.2, 0.25) is 0 Å². The van der Waals surface area contributed by atoms with E-state index in [1.165, 1.54) is 0 Å². The van der Waals surface area contributed by atoms with E-state index in [1.54, 1.807) is 60.5 Å². The van der Waals surface area contributed by atoms with Crippen molar-refractivity contribution in [1.82, 2.24) is 4.90 Å². The number of imide groups is 1. The monoisotopic (exact) mass is 350 g/mol. The van der Waals surface area contributed by atoms with Crippen LogP contribution >= 0.6 is 0 Å². The fourth-order valence-electron chi connectivity index (χ4n) is 3.61. The number of methoxy groups -OCH3 is 1. The number of carbonyl (C=O) groups excluding carboxylic acids is 3. The first kappa shape index (κ1) is 16.3. The van der Waals surface area contributed by atoms with Gasteiger partial charge in [-0.1, -0.05) is 12.1 Å². The molecule has 1 atom stereocenters. The van der Waals surface area contributed by atoms with E-state index < -0.39 is 11.9 Å². The van der Waals surface area contributed by atoms with Crippen molar-refractivity contribution in [3.05, 3.63) is 59.7 Å². The number of rotatable bonds is 2. The number of fused-ring (bicyclic) bond motifs is 2. The van der Waals surface area contributed by atoms with E-state index in [9.17, 15) is 14.4 Å². The van der Waals surface area contributed by atoms with Crippen LogP contribution in [0.1, 0.15) is 33.6 Å². The number of carbonyl (C=O) groups is 3. The highest BCUT2D eigenvalue weighted by Crippen LogP contribution is 2.33. The van der Waals surface area contributed by atoms with Gasteiger partial charge >= 0.3 is 0 Å². The summed E-state index contributed by atoms with van der Waals surface area (Å²) in [4.78, 5) is 41.9. The zero-order valence-corrected chi connectivity index (χ0v) is 14.3. The third-order valence-corrected chi connectivity index (χ3v) is 4.93. The summed E-state index contributed by atoms with van der Waals surface area (Å²) in [6.07, 6.45) is 1.33. The minimum absolute atomic E-state index is 0.193. The summed E-state index contributed by atoms with van der Waals surface area (Å²) < 4.78 is 5.12. The molecule has 132 valence electrons. The van der Waals surface area contributed by atoms with E-state index >= 15 is 0 Å². The Morgan fingerprint density at radius 1 is 1.08 bits per heavy atom. The fourth-order valence-corrected chi connectivity index (χ4v) is 3.61. The Labute approximate surface area is 151 Å². The molecule has 2 aliphatic rings. The number of anilines is 1. The van der Waals surface area contributed by atoms with Crippen LogP contribution in [0.3, 0.4) is 0 Å². The van der Waals surface area contributed by atoms with Crippen LogP contribution in [0.4, 0.5) is 5.69 Å². The van der Waals surface area contributed by atoms with Gasteiger partial charge in [-0.2, -0.15) is 0 Å². The zero-order chi connectivity index (χ0) is 18.3. The molecule has 2 heterocycles. The molecular formula is C20H18N2O4. The Kier molecular flexibility index (Phi) is 3.95. The van der Waals surface area contributed by atoms with Gasteiger partial charge in [0.2, 0.25) is 0 Å². The Hall–Kier alpha value is -3.15. The molecule has 2 aromatic carbocycles. The number of ether oxygens (including phenoxy) is 1. The van der Waals surface area contributed by atoms with E-state index in [2.05, 4.69) is 0 Å². The molecule has 2 aromatic rings. The van der Waals surface area contributed by atoms with E-state index in [-0.39, 0.29) is 11.8 Å². The van der Waals surface area contributed by atoms with Crippen molar-refractivity contribution in [2.24, 2.45) is 0 Å². The summed E-state index contributed by atoms with van der Waals surface area (Å²) in [5.74, 6) is -0.351. The van der Waals surface area contributed by atoms with Crippen molar-refractivity contribution in [1.29, 1.82) is 0 Å². The molecule has 1 unspecified atom stereocenters. The first-order valence-electron chi connectivity index (χ1n) is 8.54. The van der Waals surface area contributed by atoms with Gasteiger partial charge in [-0.3, -0.25) is 14.4 Å². The lowest BCUT2D eigenvalue weighted by Crippen LogP contribution is -2.47. The minimum Gasteiger partial charge on any atom is -0.497 e. The fraction of sp³-hybridized carbons (Fsp3) is 0.250. The second-order valence-electron chi connectivity index (χ2n) is 6.38. The summed E-state index contributed by atoms with van der Waals surface area (Å²) >= 11 is 0. The summed E-state index contributed by atoms with van der Waals surface area (Å²) in [6, 6.07) is 12.8. The van der Waals surface area contributed by atoms with E-state index in [0.29, 0.717) is 35.5 Å².